The first-order chi connectivity index (χ1) is 8.20. The molecule has 1 unspecified atom stereocenters. The number of rotatable bonds is 5. The lowest BCUT2D eigenvalue weighted by Gasteiger charge is -2.19. The van der Waals surface area contributed by atoms with Crippen molar-refractivity contribution in [1.29, 1.82) is 0 Å². The minimum Gasteiger partial charge on any atom is -0.493 e. The standard InChI is InChI=1S/C15H23NO/c1-4-14(16-10-11(2)3)12-5-6-15-13(9-12)7-8-17-15/h5-6,9,11,14,16H,4,7-8,10H2,1-3H3. The van der Waals surface area contributed by atoms with E-state index in [0.717, 1.165) is 31.7 Å². The quantitative estimate of drug-likeness (QED) is 0.842. The third-order valence-corrected chi connectivity index (χ3v) is 3.30. The minimum absolute atomic E-state index is 0.475. The Morgan fingerprint density at radius 2 is 2.18 bits per heavy atom. The second kappa shape index (κ2) is 5.54. The SMILES string of the molecule is CCC(NCC(C)C)c1ccc2c(c1)CCO2. The maximum absolute atomic E-state index is 5.54. The summed E-state index contributed by atoms with van der Waals surface area (Å²) in [6, 6.07) is 7.11. The van der Waals surface area contributed by atoms with Crippen LogP contribution in [0.5, 0.6) is 5.75 Å². The average Bonchev–Trinajstić information content (AvgIpc) is 2.76. The highest BCUT2D eigenvalue weighted by atomic mass is 16.5. The molecule has 17 heavy (non-hydrogen) atoms. The Balaban J connectivity index is 2.08. The number of ether oxygens (including phenoxy) is 1. The van der Waals surface area contributed by atoms with E-state index in [-0.39, 0.29) is 0 Å². The molecule has 2 nitrogen and oxygen atoms in total. The lowest BCUT2D eigenvalue weighted by molar-refractivity contribution is 0.356. The molecule has 1 atom stereocenters. The monoisotopic (exact) mass is 233 g/mol. The fourth-order valence-electron chi connectivity index (χ4n) is 2.30. The first-order valence-electron chi connectivity index (χ1n) is 6.69. The molecular weight excluding hydrogens is 210 g/mol. The molecule has 0 aliphatic carbocycles. The summed E-state index contributed by atoms with van der Waals surface area (Å²) in [5.41, 5.74) is 2.77. The molecule has 0 saturated carbocycles. The zero-order valence-corrected chi connectivity index (χ0v) is 11.1. The molecule has 2 rings (SSSR count). The van der Waals surface area contributed by atoms with Gasteiger partial charge in [0.05, 0.1) is 6.61 Å². The van der Waals surface area contributed by atoms with E-state index in [1.165, 1.54) is 11.1 Å². The Hall–Kier alpha value is -1.02. The van der Waals surface area contributed by atoms with Gasteiger partial charge >= 0.3 is 0 Å². The summed E-state index contributed by atoms with van der Waals surface area (Å²) >= 11 is 0. The number of hydrogen-bond acceptors (Lipinski definition) is 2. The van der Waals surface area contributed by atoms with Gasteiger partial charge in [0.15, 0.2) is 0 Å². The average molecular weight is 233 g/mol. The molecule has 0 saturated heterocycles. The molecule has 0 amide bonds. The molecular formula is C15H23NO. The molecule has 0 spiro atoms. The van der Waals surface area contributed by atoms with Gasteiger partial charge in [-0.2, -0.15) is 0 Å². The second-order valence-corrected chi connectivity index (χ2v) is 5.23. The number of benzene rings is 1. The summed E-state index contributed by atoms with van der Waals surface area (Å²) in [7, 11) is 0. The first kappa shape index (κ1) is 12.4. The van der Waals surface area contributed by atoms with Gasteiger partial charge in [0.2, 0.25) is 0 Å². The predicted octanol–water partition coefficient (Wildman–Crippen LogP) is 3.32. The van der Waals surface area contributed by atoms with Crippen molar-refractivity contribution in [2.24, 2.45) is 5.92 Å². The zero-order valence-electron chi connectivity index (χ0n) is 11.1. The van der Waals surface area contributed by atoms with Crippen molar-refractivity contribution >= 4 is 0 Å². The zero-order chi connectivity index (χ0) is 12.3. The molecule has 1 N–H and O–H groups in total. The molecule has 1 aliphatic rings. The fourth-order valence-corrected chi connectivity index (χ4v) is 2.30. The van der Waals surface area contributed by atoms with Crippen molar-refractivity contribution in [3.05, 3.63) is 29.3 Å². The summed E-state index contributed by atoms with van der Waals surface area (Å²) < 4.78 is 5.54. The number of fused-ring (bicyclic) bond motifs is 1. The highest BCUT2D eigenvalue weighted by Gasteiger charge is 2.15. The number of nitrogens with one attached hydrogen (secondary N) is 1. The molecule has 94 valence electrons. The Morgan fingerprint density at radius 3 is 2.88 bits per heavy atom. The van der Waals surface area contributed by atoms with E-state index >= 15 is 0 Å². The molecule has 0 bridgehead atoms. The molecule has 1 aromatic carbocycles. The van der Waals surface area contributed by atoms with E-state index in [9.17, 15) is 0 Å². The van der Waals surface area contributed by atoms with E-state index in [4.69, 9.17) is 4.74 Å². The molecule has 1 aromatic rings. The molecule has 1 heterocycles. The van der Waals surface area contributed by atoms with Crippen LogP contribution in [0, 0.1) is 5.92 Å². The summed E-state index contributed by atoms with van der Waals surface area (Å²) in [4.78, 5) is 0. The van der Waals surface area contributed by atoms with Crippen molar-refractivity contribution in [3.8, 4) is 5.75 Å². The van der Waals surface area contributed by atoms with Crippen molar-refractivity contribution < 1.29 is 4.74 Å². The van der Waals surface area contributed by atoms with Gasteiger partial charge in [0, 0.05) is 12.5 Å². The Morgan fingerprint density at radius 1 is 1.35 bits per heavy atom. The van der Waals surface area contributed by atoms with Gasteiger partial charge in [-0.05, 0) is 36.1 Å². The third-order valence-electron chi connectivity index (χ3n) is 3.30. The Bertz CT molecular complexity index is 373. The van der Waals surface area contributed by atoms with Crippen LogP contribution in [0.1, 0.15) is 44.4 Å². The fraction of sp³-hybridized carbons (Fsp3) is 0.600. The highest BCUT2D eigenvalue weighted by molar-refractivity contribution is 5.40. The van der Waals surface area contributed by atoms with E-state index in [1.54, 1.807) is 0 Å². The second-order valence-electron chi connectivity index (χ2n) is 5.23. The molecule has 0 radical (unpaired) electrons. The first-order valence-corrected chi connectivity index (χ1v) is 6.69. The van der Waals surface area contributed by atoms with E-state index < -0.39 is 0 Å². The van der Waals surface area contributed by atoms with Gasteiger partial charge in [0.25, 0.3) is 0 Å². The van der Waals surface area contributed by atoms with Crippen LogP contribution >= 0.6 is 0 Å². The maximum Gasteiger partial charge on any atom is 0.122 e. The number of hydrogen-bond donors (Lipinski definition) is 1. The lowest BCUT2D eigenvalue weighted by atomic mass is 10.0. The molecule has 2 heteroatoms. The topological polar surface area (TPSA) is 21.3 Å². The summed E-state index contributed by atoms with van der Waals surface area (Å²) in [5.74, 6) is 1.77. The van der Waals surface area contributed by atoms with Crippen LogP contribution in [0.3, 0.4) is 0 Å². The molecule has 1 aliphatic heterocycles. The maximum atomic E-state index is 5.54. The lowest BCUT2D eigenvalue weighted by Crippen LogP contribution is -2.25. The van der Waals surface area contributed by atoms with E-state index in [1.807, 2.05) is 0 Å². The van der Waals surface area contributed by atoms with Crippen LogP contribution in [-0.4, -0.2) is 13.2 Å². The van der Waals surface area contributed by atoms with Crippen LogP contribution in [-0.2, 0) is 6.42 Å². The van der Waals surface area contributed by atoms with Crippen molar-refractivity contribution in [2.45, 2.75) is 39.7 Å². The van der Waals surface area contributed by atoms with E-state index in [0.29, 0.717) is 12.0 Å². The van der Waals surface area contributed by atoms with E-state index in [2.05, 4.69) is 44.3 Å². The molecule has 0 aromatic heterocycles. The van der Waals surface area contributed by atoms with Crippen molar-refractivity contribution in [1.82, 2.24) is 5.32 Å². The minimum atomic E-state index is 0.475. The summed E-state index contributed by atoms with van der Waals surface area (Å²) in [6.07, 6.45) is 2.19. The van der Waals surface area contributed by atoms with Crippen LogP contribution in [0.4, 0.5) is 0 Å². The van der Waals surface area contributed by atoms with Gasteiger partial charge < -0.3 is 10.1 Å². The summed E-state index contributed by atoms with van der Waals surface area (Å²) in [6.45, 7) is 8.65. The van der Waals surface area contributed by atoms with Crippen molar-refractivity contribution in [2.75, 3.05) is 13.2 Å². The van der Waals surface area contributed by atoms with Gasteiger partial charge in [-0.1, -0.05) is 32.9 Å². The van der Waals surface area contributed by atoms with Crippen molar-refractivity contribution in [3.63, 3.8) is 0 Å². The van der Waals surface area contributed by atoms with Gasteiger partial charge in [-0.25, -0.2) is 0 Å². The normalized spacial score (nSPS) is 15.8. The van der Waals surface area contributed by atoms with Gasteiger partial charge in [-0.3, -0.25) is 0 Å². The van der Waals surface area contributed by atoms with Gasteiger partial charge in [-0.15, -0.1) is 0 Å². The molecule has 0 fully saturated rings. The van der Waals surface area contributed by atoms with Crippen LogP contribution in [0.15, 0.2) is 18.2 Å². The largest absolute Gasteiger partial charge is 0.493 e. The Labute approximate surface area is 104 Å². The van der Waals surface area contributed by atoms with Crippen LogP contribution in [0.25, 0.3) is 0 Å². The van der Waals surface area contributed by atoms with Crippen LogP contribution in [0.2, 0.25) is 0 Å². The third kappa shape index (κ3) is 3.01. The predicted molar refractivity (Wildman–Crippen MR) is 71.5 cm³/mol. The Kier molecular flexibility index (Phi) is 4.06. The van der Waals surface area contributed by atoms with Crippen LogP contribution < -0.4 is 10.1 Å². The highest BCUT2D eigenvalue weighted by Crippen LogP contribution is 2.29. The summed E-state index contributed by atoms with van der Waals surface area (Å²) in [5, 5.41) is 3.64. The smallest absolute Gasteiger partial charge is 0.122 e. The van der Waals surface area contributed by atoms with Gasteiger partial charge in [0.1, 0.15) is 5.75 Å².